The Morgan fingerprint density at radius 1 is 1.05 bits per heavy atom. The lowest BCUT2D eigenvalue weighted by Gasteiger charge is -2.12. The molecule has 0 aliphatic heterocycles. The van der Waals surface area contributed by atoms with Crippen molar-refractivity contribution in [2.24, 2.45) is 0 Å². The van der Waals surface area contributed by atoms with Crippen molar-refractivity contribution in [1.29, 1.82) is 0 Å². The molecular formula is C15H16BrNO3. The predicted molar refractivity (Wildman–Crippen MR) is 80.7 cm³/mol. The molecule has 0 radical (unpaired) electrons. The SMILES string of the molecule is COc1ccnc(COc2ccc(CBr)cc2)c1OC. The quantitative estimate of drug-likeness (QED) is 0.755. The maximum Gasteiger partial charge on any atom is 0.185 e. The first-order chi connectivity index (χ1) is 9.78. The van der Waals surface area contributed by atoms with Crippen molar-refractivity contribution in [3.8, 4) is 17.2 Å². The fourth-order valence-electron chi connectivity index (χ4n) is 1.78. The van der Waals surface area contributed by atoms with Crippen molar-refractivity contribution in [2.45, 2.75) is 11.9 Å². The summed E-state index contributed by atoms with van der Waals surface area (Å²) in [6.45, 7) is 0.327. The Balaban J connectivity index is 2.10. The van der Waals surface area contributed by atoms with E-state index in [4.69, 9.17) is 14.2 Å². The summed E-state index contributed by atoms with van der Waals surface area (Å²) in [6.07, 6.45) is 1.67. The summed E-state index contributed by atoms with van der Waals surface area (Å²) in [7, 11) is 3.19. The van der Waals surface area contributed by atoms with E-state index in [0.29, 0.717) is 23.8 Å². The number of nitrogens with zero attached hydrogens (tertiary/aromatic N) is 1. The number of alkyl halides is 1. The van der Waals surface area contributed by atoms with E-state index in [1.807, 2.05) is 24.3 Å². The molecule has 0 fully saturated rings. The van der Waals surface area contributed by atoms with Crippen LogP contribution in [-0.2, 0) is 11.9 Å². The number of aromatic nitrogens is 1. The van der Waals surface area contributed by atoms with Crippen LogP contribution < -0.4 is 14.2 Å². The average Bonchev–Trinajstić information content (AvgIpc) is 2.52. The molecular weight excluding hydrogens is 322 g/mol. The molecule has 2 rings (SSSR count). The van der Waals surface area contributed by atoms with Gasteiger partial charge in [-0.3, -0.25) is 4.98 Å². The van der Waals surface area contributed by atoms with E-state index >= 15 is 0 Å². The van der Waals surface area contributed by atoms with E-state index in [-0.39, 0.29) is 0 Å². The summed E-state index contributed by atoms with van der Waals surface area (Å²) >= 11 is 3.41. The van der Waals surface area contributed by atoms with Crippen LogP contribution in [0, 0.1) is 0 Å². The third-order valence-corrected chi connectivity index (χ3v) is 3.47. The normalized spacial score (nSPS) is 10.2. The van der Waals surface area contributed by atoms with E-state index in [1.54, 1.807) is 26.5 Å². The highest BCUT2D eigenvalue weighted by molar-refractivity contribution is 9.08. The number of methoxy groups -OCH3 is 2. The molecule has 0 aliphatic carbocycles. The molecule has 4 nitrogen and oxygen atoms in total. The van der Waals surface area contributed by atoms with Crippen molar-refractivity contribution in [3.05, 3.63) is 47.8 Å². The van der Waals surface area contributed by atoms with Gasteiger partial charge in [-0.1, -0.05) is 28.1 Å². The van der Waals surface area contributed by atoms with Crippen LogP contribution in [0.15, 0.2) is 36.5 Å². The van der Waals surface area contributed by atoms with Crippen LogP contribution in [0.2, 0.25) is 0 Å². The van der Waals surface area contributed by atoms with Gasteiger partial charge in [-0.25, -0.2) is 0 Å². The second-order valence-electron chi connectivity index (χ2n) is 4.06. The minimum absolute atomic E-state index is 0.327. The molecule has 1 heterocycles. The molecule has 0 spiro atoms. The van der Waals surface area contributed by atoms with E-state index < -0.39 is 0 Å². The van der Waals surface area contributed by atoms with E-state index in [9.17, 15) is 0 Å². The molecule has 0 aliphatic rings. The monoisotopic (exact) mass is 337 g/mol. The highest BCUT2D eigenvalue weighted by Crippen LogP contribution is 2.29. The zero-order chi connectivity index (χ0) is 14.4. The van der Waals surface area contributed by atoms with Crippen LogP contribution >= 0.6 is 15.9 Å². The molecule has 0 saturated carbocycles. The maximum atomic E-state index is 5.72. The molecule has 2 aromatic rings. The van der Waals surface area contributed by atoms with Crippen LogP contribution in [0.5, 0.6) is 17.2 Å². The highest BCUT2D eigenvalue weighted by atomic mass is 79.9. The molecule has 1 aromatic carbocycles. The number of pyridine rings is 1. The molecule has 106 valence electrons. The number of benzene rings is 1. The Kier molecular flexibility index (Phi) is 5.24. The lowest BCUT2D eigenvalue weighted by atomic mass is 10.2. The Morgan fingerprint density at radius 3 is 2.40 bits per heavy atom. The summed E-state index contributed by atoms with van der Waals surface area (Å²) in [4.78, 5) is 4.27. The summed E-state index contributed by atoms with van der Waals surface area (Å²) in [5.74, 6) is 2.05. The minimum atomic E-state index is 0.327. The molecule has 0 amide bonds. The highest BCUT2D eigenvalue weighted by Gasteiger charge is 2.11. The Labute approximate surface area is 126 Å². The summed E-state index contributed by atoms with van der Waals surface area (Å²) in [5.41, 5.74) is 1.91. The standard InChI is InChI=1S/C15H16BrNO3/c1-18-14-7-8-17-13(15(14)19-2)10-20-12-5-3-11(9-16)4-6-12/h3-8H,9-10H2,1-2H3. The fourth-order valence-corrected chi connectivity index (χ4v) is 2.15. The molecule has 0 unspecified atom stereocenters. The van der Waals surface area contributed by atoms with Gasteiger partial charge >= 0.3 is 0 Å². The molecule has 20 heavy (non-hydrogen) atoms. The van der Waals surface area contributed by atoms with E-state index in [1.165, 1.54) is 5.56 Å². The van der Waals surface area contributed by atoms with Gasteiger partial charge in [0.1, 0.15) is 18.1 Å². The summed E-state index contributed by atoms with van der Waals surface area (Å²) in [5, 5.41) is 0.832. The van der Waals surface area contributed by atoms with Crippen LogP contribution in [0.25, 0.3) is 0 Å². The first kappa shape index (κ1) is 14.7. The topological polar surface area (TPSA) is 40.6 Å². The van der Waals surface area contributed by atoms with Crippen molar-refractivity contribution in [1.82, 2.24) is 4.98 Å². The summed E-state index contributed by atoms with van der Waals surface area (Å²) < 4.78 is 16.3. The number of ether oxygens (including phenoxy) is 3. The molecule has 0 atom stereocenters. The number of hydrogen-bond donors (Lipinski definition) is 0. The van der Waals surface area contributed by atoms with E-state index in [0.717, 1.165) is 11.1 Å². The van der Waals surface area contributed by atoms with Gasteiger partial charge in [0, 0.05) is 17.6 Å². The fraction of sp³-hybridized carbons (Fsp3) is 0.267. The molecule has 0 bridgehead atoms. The molecule has 0 N–H and O–H groups in total. The van der Waals surface area contributed by atoms with Crippen molar-refractivity contribution >= 4 is 15.9 Å². The molecule has 5 heteroatoms. The smallest absolute Gasteiger partial charge is 0.185 e. The van der Waals surface area contributed by atoms with Gasteiger partial charge < -0.3 is 14.2 Å². The van der Waals surface area contributed by atoms with Crippen LogP contribution in [-0.4, -0.2) is 19.2 Å². The number of halogens is 1. The molecule has 0 saturated heterocycles. The Hall–Kier alpha value is -1.75. The number of hydrogen-bond acceptors (Lipinski definition) is 4. The zero-order valence-electron chi connectivity index (χ0n) is 11.4. The number of rotatable bonds is 6. The molecule has 1 aromatic heterocycles. The minimum Gasteiger partial charge on any atom is -0.493 e. The average molecular weight is 338 g/mol. The second-order valence-corrected chi connectivity index (χ2v) is 4.62. The van der Waals surface area contributed by atoms with Crippen molar-refractivity contribution in [3.63, 3.8) is 0 Å². The lowest BCUT2D eigenvalue weighted by Crippen LogP contribution is -2.03. The largest absolute Gasteiger partial charge is 0.493 e. The van der Waals surface area contributed by atoms with Crippen molar-refractivity contribution < 1.29 is 14.2 Å². The summed E-state index contributed by atoms with van der Waals surface area (Å²) in [6, 6.07) is 9.65. The van der Waals surface area contributed by atoms with Gasteiger partial charge in [0.15, 0.2) is 11.5 Å². The first-order valence-electron chi connectivity index (χ1n) is 6.12. The van der Waals surface area contributed by atoms with Gasteiger partial charge in [-0.15, -0.1) is 0 Å². The first-order valence-corrected chi connectivity index (χ1v) is 7.24. The van der Waals surface area contributed by atoms with Gasteiger partial charge in [-0.05, 0) is 17.7 Å². The van der Waals surface area contributed by atoms with Crippen LogP contribution in [0.3, 0.4) is 0 Å². The Bertz CT molecular complexity index is 558. The van der Waals surface area contributed by atoms with Gasteiger partial charge in [0.05, 0.1) is 14.2 Å². The lowest BCUT2D eigenvalue weighted by molar-refractivity contribution is 0.285. The second kappa shape index (κ2) is 7.14. The maximum absolute atomic E-state index is 5.72. The predicted octanol–water partition coefficient (Wildman–Crippen LogP) is 3.57. The Morgan fingerprint density at radius 2 is 1.80 bits per heavy atom. The van der Waals surface area contributed by atoms with Gasteiger partial charge in [-0.2, -0.15) is 0 Å². The van der Waals surface area contributed by atoms with Crippen LogP contribution in [0.4, 0.5) is 0 Å². The van der Waals surface area contributed by atoms with Gasteiger partial charge in [0.25, 0.3) is 0 Å². The third-order valence-electron chi connectivity index (χ3n) is 2.82. The van der Waals surface area contributed by atoms with Crippen LogP contribution in [0.1, 0.15) is 11.3 Å². The van der Waals surface area contributed by atoms with Crippen molar-refractivity contribution in [2.75, 3.05) is 14.2 Å². The third kappa shape index (κ3) is 3.42. The van der Waals surface area contributed by atoms with E-state index in [2.05, 4.69) is 20.9 Å². The van der Waals surface area contributed by atoms with Gasteiger partial charge in [0.2, 0.25) is 0 Å². The zero-order valence-corrected chi connectivity index (χ0v) is 13.0.